The molecule has 1 aliphatic rings. The molecule has 2 nitrogen and oxygen atoms in total. The summed E-state index contributed by atoms with van der Waals surface area (Å²) >= 11 is 0. The molecular formula is C11H13NO. The second-order valence-corrected chi connectivity index (χ2v) is 3.31. The Kier molecular flexibility index (Phi) is 2.07. The van der Waals surface area contributed by atoms with Gasteiger partial charge in [-0.25, -0.2) is 0 Å². The SMILES string of the molecule is C=Cc1cccc2c1NC(CO)C2. The Morgan fingerprint density at radius 3 is 3.15 bits per heavy atom. The van der Waals surface area contributed by atoms with Crippen molar-refractivity contribution in [3.8, 4) is 0 Å². The molecule has 1 aliphatic heterocycles. The van der Waals surface area contributed by atoms with E-state index >= 15 is 0 Å². The van der Waals surface area contributed by atoms with Gasteiger partial charge in [0.05, 0.1) is 12.6 Å². The molecule has 2 rings (SSSR count). The van der Waals surface area contributed by atoms with Crippen LogP contribution in [0.3, 0.4) is 0 Å². The van der Waals surface area contributed by atoms with Gasteiger partial charge < -0.3 is 10.4 Å². The summed E-state index contributed by atoms with van der Waals surface area (Å²) in [7, 11) is 0. The van der Waals surface area contributed by atoms with E-state index in [0.29, 0.717) is 0 Å². The van der Waals surface area contributed by atoms with Crippen molar-refractivity contribution in [2.24, 2.45) is 0 Å². The van der Waals surface area contributed by atoms with Crippen molar-refractivity contribution >= 4 is 11.8 Å². The van der Waals surface area contributed by atoms with Gasteiger partial charge in [-0.3, -0.25) is 0 Å². The average molecular weight is 175 g/mol. The monoisotopic (exact) mass is 175 g/mol. The number of aliphatic hydroxyl groups excluding tert-OH is 1. The van der Waals surface area contributed by atoms with Crippen molar-refractivity contribution in [3.05, 3.63) is 35.9 Å². The van der Waals surface area contributed by atoms with E-state index in [9.17, 15) is 0 Å². The number of hydrogen-bond acceptors (Lipinski definition) is 2. The summed E-state index contributed by atoms with van der Waals surface area (Å²) in [6.07, 6.45) is 2.75. The van der Waals surface area contributed by atoms with Crippen LogP contribution in [-0.2, 0) is 6.42 Å². The summed E-state index contributed by atoms with van der Waals surface area (Å²) in [5.41, 5.74) is 3.53. The molecule has 0 radical (unpaired) electrons. The summed E-state index contributed by atoms with van der Waals surface area (Å²) in [5, 5.41) is 12.3. The van der Waals surface area contributed by atoms with Gasteiger partial charge in [-0.1, -0.05) is 30.9 Å². The molecule has 0 amide bonds. The van der Waals surface area contributed by atoms with E-state index in [-0.39, 0.29) is 12.6 Å². The van der Waals surface area contributed by atoms with Crippen LogP contribution in [-0.4, -0.2) is 17.8 Å². The summed E-state index contributed by atoms with van der Waals surface area (Å²) < 4.78 is 0. The first-order valence-corrected chi connectivity index (χ1v) is 4.47. The number of nitrogens with one attached hydrogen (secondary N) is 1. The molecule has 1 aromatic rings. The van der Waals surface area contributed by atoms with Crippen molar-refractivity contribution in [1.82, 2.24) is 0 Å². The highest BCUT2D eigenvalue weighted by molar-refractivity contribution is 5.71. The molecule has 13 heavy (non-hydrogen) atoms. The maximum absolute atomic E-state index is 9.01. The van der Waals surface area contributed by atoms with Gasteiger partial charge >= 0.3 is 0 Å². The van der Waals surface area contributed by atoms with Gasteiger partial charge in [0.2, 0.25) is 0 Å². The summed E-state index contributed by atoms with van der Waals surface area (Å²) in [6.45, 7) is 3.94. The number of aliphatic hydroxyl groups is 1. The van der Waals surface area contributed by atoms with Gasteiger partial charge in [-0.2, -0.15) is 0 Å². The van der Waals surface area contributed by atoms with E-state index in [0.717, 1.165) is 17.7 Å². The second kappa shape index (κ2) is 3.23. The van der Waals surface area contributed by atoms with Gasteiger partial charge in [0.15, 0.2) is 0 Å². The molecule has 1 aromatic carbocycles. The molecular weight excluding hydrogens is 162 g/mol. The minimum atomic E-state index is 0.177. The Morgan fingerprint density at radius 2 is 2.46 bits per heavy atom. The highest BCUT2D eigenvalue weighted by Crippen LogP contribution is 2.29. The lowest BCUT2D eigenvalue weighted by atomic mass is 10.1. The van der Waals surface area contributed by atoms with Crippen LogP contribution in [0.25, 0.3) is 6.08 Å². The number of benzene rings is 1. The highest BCUT2D eigenvalue weighted by Gasteiger charge is 2.20. The molecule has 0 fully saturated rings. The number of rotatable bonds is 2. The fourth-order valence-corrected chi connectivity index (χ4v) is 1.77. The minimum Gasteiger partial charge on any atom is -0.394 e. The van der Waals surface area contributed by atoms with E-state index in [4.69, 9.17) is 5.11 Å². The normalized spacial score (nSPS) is 19.3. The van der Waals surface area contributed by atoms with E-state index in [1.54, 1.807) is 0 Å². The molecule has 1 heterocycles. The third kappa shape index (κ3) is 1.33. The summed E-state index contributed by atoms with van der Waals surface area (Å²) in [4.78, 5) is 0. The number of hydrogen-bond donors (Lipinski definition) is 2. The molecule has 0 aromatic heterocycles. The van der Waals surface area contributed by atoms with Crippen LogP contribution in [0.1, 0.15) is 11.1 Å². The Bertz CT molecular complexity index is 333. The Balaban J connectivity index is 2.39. The van der Waals surface area contributed by atoms with Crippen molar-refractivity contribution < 1.29 is 5.11 Å². The van der Waals surface area contributed by atoms with Crippen LogP contribution in [0, 0.1) is 0 Å². The molecule has 1 atom stereocenters. The molecule has 68 valence electrons. The molecule has 0 spiro atoms. The van der Waals surface area contributed by atoms with Crippen molar-refractivity contribution in [1.29, 1.82) is 0 Å². The maximum atomic E-state index is 9.01. The van der Waals surface area contributed by atoms with Crippen LogP contribution in [0.2, 0.25) is 0 Å². The summed E-state index contributed by atoms with van der Waals surface area (Å²) in [5.74, 6) is 0. The topological polar surface area (TPSA) is 32.3 Å². The summed E-state index contributed by atoms with van der Waals surface area (Å²) in [6, 6.07) is 6.32. The smallest absolute Gasteiger partial charge is 0.0636 e. The quantitative estimate of drug-likeness (QED) is 0.716. The first-order valence-electron chi connectivity index (χ1n) is 4.47. The van der Waals surface area contributed by atoms with Gasteiger partial charge in [0, 0.05) is 5.69 Å². The maximum Gasteiger partial charge on any atom is 0.0636 e. The lowest BCUT2D eigenvalue weighted by Crippen LogP contribution is -2.19. The van der Waals surface area contributed by atoms with Crippen molar-refractivity contribution in [2.75, 3.05) is 11.9 Å². The molecule has 1 unspecified atom stereocenters. The minimum absolute atomic E-state index is 0.177. The largest absolute Gasteiger partial charge is 0.394 e. The molecule has 0 aliphatic carbocycles. The second-order valence-electron chi connectivity index (χ2n) is 3.31. The van der Waals surface area contributed by atoms with Crippen molar-refractivity contribution in [2.45, 2.75) is 12.5 Å². The molecule has 0 saturated carbocycles. The molecule has 0 saturated heterocycles. The average Bonchev–Trinajstić information content (AvgIpc) is 2.59. The van der Waals surface area contributed by atoms with Gasteiger partial charge in [-0.05, 0) is 17.5 Å². The number of anilines is 1. The lowest BCUT2D eigenvalue weighted by molar-refractivity contribution is 0.277. The van der Waals surface area contributed by atoms with Gasteiger partial charge in [0.25, 0.3) is 0 Å². The first-order chi connectivity index (χ1) is 6.35. The zero-order valence-electron chi connectivity index (χ0n) is 7.46. The first kappa shape index (κ1) is 8.32. The Labute approximate surface area is 77.9 Å². The Morgan fingerprint density at radius 1 is 1.62 bits per heavy atom. The number of para-hydroxylation sites is 1. The van der Waals surface area contributed by atoms with E-state index in [2.05, 4.69) is 18.0 Å². The molecule has 2 N–H and O–H groups in total. The fraction of sp³-hybridized carbons (Fsp3) is 0.273. The predicted octanol–water partition coefficient (Wildman–Crippen LogP) is 1.66. The van der Waals surface area contributed by atoms with Crippen LogP contribution in [0.15, 0.2) is 24.8 Å². The zero-order chi connectivity index (χ0) is 9.26. The van der Waals surface area contributed by atoms with Crippen LogP contribution in [0.5, 0.6) is 0 Å². The standard InChI is InChI=1S/C11H13NO/c1-2-8-4-3-5-9-6-10(7-13)12-11(8)9/h2-5,10,12-13H,1,6-7H2. The molecule has 2 heteroatoms. The lowest BCUT2D eigenvalue weighted by Gasteiger charge is -2.07. The third-order valence-electron chi connectivity index (χ3n) is 2.44. The van der Waals surface area contributed by atoms with Crippen LogP contribution < -0.4 is 5.32 Å². The third-order valence-corrected chi connectivity index (χ3v) is 2.44. The van der Waals surface area contributed by atoms with E-state index in [1.807, 2.05) is 18.2 Å². The molecule has 0 bridgehead atoms. The fourth-order valence-electron chi connectivity index (χ4n) is 1.77. The highest BCUT2D eigenvalue weighted by atomic mass is 16.3. The van der Waals surface area contributed by atoms with Crippen molar-refractivity contribution in [3.63, 3.8) is 0 Å². The van der Waals surface area contributed by atoms with Crippen LogP contribution in [0.4, 0.5) is 5.69 Å². The Hall–Kier alpha value is -1.28. The van der Waals surface area contributed by atoms with Crippen LogP contribution >= 0.6 is 0 Å². The van der Waals surface area contributed by atoms with Gasteiger partial charge in [-0.15, -0.1) is 0 Å². The van der Waals surface area contributed by atoms with E-state index < -0.39 is 0 Å². The van der Waals surface area contributed by atoms with Gasteiger partial charge in [0.1, 0.15) is 0 Å². The zero-order valence-corrected chi connectivity index (χ0v) is 7.46. The predicted molar refractivity (Wildman–Crippen MR) is 54.7 cm³/mol. The van der Waals surface area contributed by atoms with E-state index in [1.165, 1.54) is 5.56 Å². The number of fused-ring (bicyclic) bond motifs is 1.